The molecule has 0 atom stereocenters. The Morgan fingerprint density at radius 2 is 2.12 bits per heavy atom. The third-order valence-electron chi connectivity index (χ3n) is 3.33. The van der Waals surface area contributed by atoms with Crippen LogP contribution in [-0.2, 0) is 10.2 Å². The fourth-order valence-electron chi connectivity index (χ4n) is 2.12. The summed E-state index contributed by atoms with van der Waals surface area (Å²) in [6.45, 7) is 1.52. The van der Waals surface area contributed by atoms with Crippen molar-refractivity contribution in [2.45, 2.75) is 25.2 Å². The standard InChI is InChI=1S/C12H13NO4/c1-8(14)12(5-6-12)10-7-9(13(15)16)3-4-11(10)17-2/h3-4,7H,5-6H2,1-2H3. The van der Waals surface area contributed by atoms with Gasteiger partial charge in [-0.2, -0.15) is 0 Å². The molecule has 90 valence electrons. The van der Waals surface area contributed by atoms with Crippen LogP contribution in [0.4, 0.5) is 5.69 Å². The highest BCUT2D eigenvalue weighted by Crippen LogP contribution is 2.52. The van der Waals surface area contributed by atoms with Gasteiger partial charge in [0.2, 0.25) is 0 Å². The molecule has 0 amide bonds. The Balaban J connectivity index is 2.54. The van der Waals surface area contributed by atoms with Gasteiger partial charge in [-0.3, -0.25) is 14.9 Å². The van der Waals surface area contributed by atoms with Crippen molar-refractivity contribution in [3.05, 3.63) is 33.9 Å². The zero-order valence-electron chi connectivity index (χ0n) is 9.73. The van der Waals surface area contributed by atoms with Crippen molar-refractivity contribution >= 4 is 11.5 Å². The molecule has 0 saturated heterocycles. The van der Waals surface area contributed by atoms with Gasteiger partial charge < -0.3 is 4.74 Å². The van der Waals surface area contributed by atoms with Crippen molar-refractivity contribution in [1.82, 2.24) is 0 Å². The van der Waals surface area contributed by atoms with Crippen molar-refractivity contribution in [3.63, 3.8) is 0 Å². The summed E-state index contributed by atoms with van der Waals surface area (Å²) >= 11 is 0. The SMILES string of the molecule is COc1ccc([N+](=O)[O-])cc1C1(C(C)=O)CC1. The molecular weight excluding hydrogens is 222 g/mol. The monoisotopic (exact) mass is 235 g/mol. The number of rotatable bonds is 4. The van der Waals surface area contributed by atoms with E-state index in [0.29, 0.717) is 11.3 Å². The Hall–Kier alpha value is -1.91. The molecule has 5 nitrogen and oxygen atoms in total. The van der Waals surface area contributed by atoms with Crippen molar-refractivity contribution in [2.24, 2.45) is 0 Å². The highest BCUT2D eigenvalue weighted by molar-refractivity contribution is 5.92. The summed E-state index contributed by atoms with van der Waals surface area (Å²) in [4.78, 5) is 21.9. The van der Waals surface area contributed by atoms with E-state index >= 15 is 0 Å². The van der Waals surface area contributed by atoms with Crippen LogP contribution in [0.2, 0.25) is 0 Å². The molecule has 0 N–H and O–H groups in total. The van der Waals surface area contributed by atoms with E-state index in [1.165, 1.54) is 26.2 Å². The summed E-state index contributed by atoms with van der Waals surface area (Å²) < 4.78 is 5.18. The molecule has 17 heavy (non-hydrogen) atoms. The van der Waals surface area contributed by atoms with E-state index in [4.69, 9.17) is 4.74 Å². The quantitative estimate of drug-likeness (QED) is 0.592. The van der Waals surface area contributed by atoms with Gasteiger partial charge in [-0.05, 0) is 25.8 Å². The predicted octanol–water partition coefficient (Wildman–Crippen LogP) is 2.22. The van der Waals surface area contributed by atoms with E-state index in [2.05, 4.69) is 0 Å². The third-order valence-corrected chi connectivity index (χ3v) is 3.33. The average Bonchev–Trinajstić information content (AvgIpc) is 3.09. The molecule has 0 aromatic heterocycles. The maximum absolute atomic E-state index is 11.7. The lowest BCUT2D eigenvalue weighted by Crippen LogP contribution is -2.18. The molecule has 5 heteroatoms. The fourth-order valence-corrected chi connectivity index (χ4v) is 2.12. The summed E-state index contributed by atoms with van der Waals surface area (Å²) in [6, 6.07) is 4.39. The molecule has 0 spiro atoms. The molecule has 1 aromatic rings. The van der Waals surface area contributed by atoms with E-state index in [1.807, 2.05) is 0 Å². The molecule has 0 radical (unpaired) electrons. The first kappa shape index (κ1) is 11.6. The number of nitrogens with zero attached hydrogens (tertiary/aromatic N) is 1. The first-order chi connectivity index (χ1) is 8.01. The molecule has 0 unspecified atom stereocenters. The van der Waals surface area contributed by atoms with Gasteiger partial charge in [-0.15, -0.1) is 0 Å². The van der Waals surface area contributed by atoms with Gasteiger partial charge >= 0.3 is 0 Å². The van der Waals surface area contributed by atoms with Gasteiger partial charge in [0.15, 0.2) is 0 Å². The molecular formula is C12H13NO4. The van der Waals surface area contributed by atoms with E-state index < -0.39 is 10.3 Å². The Morgan fingerprint density at radius 1 is 1.47 bits per heavy atom. The minimum absolute atomic E-state index is 0.00618. The van der Waals surface area contributed by atoms with Crippen molar-refractivity contribution in [1.29, 1.82) is 0 Å². The number of methoxy groups -OCH3 is 1. The summed E-state index contributed by atoms with van der Waals surface area (Å²) in [7, 11) is 1.50. The van der Waals surface area contributed by atoms with Gasteiger partial charge in [0.25, 0.3) is 5.69 Å². The van der Waals surface area contributed by atoms with Crippen molar-refractivity contribution in [3.8, 4) is 5.75 Å². The minimum Gasteiger partial charge on any atom is -0.496 e. The number of benzene rings is 1. The molecule has 0 aliphatic heterocycles. The van der Waals surface area contributed by atoms with Crippen LogP contribution < -0.4 is 4.74 Å². The first-order valence-electron chi connectivity index (χ1n) is 5.35. The maximum atomic E-state index is 11.7. The Labute approximate surface area is 98.5 Å². The molecule has 1 saturated carbocycles. The molecule has 1 fully saturated rings. The minimum atomic E-state index is -0.558. The predicted molar refractivity (Wildman–Crippen MR) is 61.2 cm³/mol. The highest BCUT2D eigenvalue weighted by Gasteiger charge is 2.50. The number of nitro groups is 1. The second-order valence-corrected chi connectivity index (χ2v) is 4.28. The number of carbonyl (C=O) groups is 1. The lowest BCUT2D eigenvalue weighted by atomic mass is 9.91. The normalized spacial score (nSPS) is 16.4. The number of hydrogen-bond donors (Lipinski definition) is 0. The largest absolute Gasteiger partial charge is 0.496 e. The third kappa shape index (κ3) is 1.77. The Morgan fingerprint density at radius 3 is 2.53 bits per heavy atom. The number of non-ortho nitro benzene ring substituents is 1. The van der Waals surface area contributed by atoms with Crippen molar-refractivity contribution in [2.75, 3.05) is 7.11 Å². The smallest absolute Gasteiger partial charge is 0.270 e. The van der Waals surface area contributed by atoms with Crippen LogP contribution in [0, 0.1) is 10.1 Å². The zero-order chi connectivity index (χ0) is 12.6. The van der Waals surface area contributed by atoms with Gasteiger partial charge in [0.1, 0.15) is 11.5 Å². The second-order valence-electron chi connectivity index (χ2n) is 4.28. The Bertz CT molecular complexity index is 491. The van der Waals surface area contributed by atoms with Crippen LogP contribution in [-0.4, -0.2) is 17.8 Å². The topological polar surface area (TPSA) is 69.4 Å². The van der Waals surface area contributed by atoms with Crippen LogP contribution in [0.15, 0.2) is 18.2 Å². The second kappa shape index (κ2) is 3.84. The van der Waals surface area contributed by atoms with Crippen LogP contribution in [0.5, 0.6) is 5.75 Å². The lowest BCUT2D eigenvalue weighted by Gasteiger charge is -2.15. The number of nitro benzene ring substituents is 1. The number of ether oxygens (including phenoxy) is 1. The van der Waals surface area contributed by atoms with Crippen LogP contribution in [0.3, 0.4) is 0 Å². The van der Waals surface area contributed by atoms with Crippen LogP contribution in [0.25, 0.3) is 0 Å². The summed E-state index contributed by atoms with van der Waals surface area (Å²) in [5.41, 5.74) is 0.0761. The molecule has 1 aliphatic rings. The lowest BCUT2D eigenvalue weighted by molar-refractivity contribution is -0.385. The highest BCUT2D eigenvalue weighted by atomic mass is 16.6. The maximum Gasteiger partial charge on any atom is 0.270 e. The van der Waals surface area contributed by atoms with Gasteiger partial charge in [0.05, 0.1) is 17.4 Å². The summed E-state index contributed by atoms with van der Waals surface area (Å²) in [6.07, 6.45) is 1.47. The van der Waals surface area contributed by atoms with Crippen LogP contribution >= 0.6 is 0 Å². The molecule has 0 heterocycles. The fraction of sp³-hybridized carbons (Fsp3) is 0.417. The number of ketones is 1. The van der Waals surface area contributed by atoms with E-state index in [0.717, 1.165) is 12.8 Å². The van der Waals surface area contributed by atoms with E-state index in [-0.39, 0.29) is 11.5 Å². The number of carbonyl (C=O) groups excluding carboxylic acids is 1. The van der Waals surface area contributed by atoms with E-state index in [1.54, 1.807) is 6.07 Å². The van der Waals surface area contributed by atoms with Crippen LogP contribution in [0.1, 0.15) is 25.3 Å². The van der Waals surface area contributed by atoms with Crippen molar-refractivity contribution < 1.29 is 14.5 Å². The summed E-state index contributed by atoms with van der Waals surface area (Å²) in [5.74, 6) is 0.583. The molecule has 1 aliphatic carbocycles. The number of Topliss-reactive ketones (excluding diaryl/α,β-unsaturated/α-hetero) is 1. The first-order valence-corrected chi connectivity index (χ1v) is 5.35. The number of hydrogen-bond acceptors (Lipinski definition) is 4. The summed E-state index contributed by atoms with van der Waals surface area (Å²) in [5, 5.41) is 10.7. The van der Waals surface area contributed by atoms with E-state index in [9.17, 15) is 14.9 Å². The average molecular weight is 235 g/mol. The molecule has 2 rings (SSSR count). The van der Waals surface area contributed by atoms with Gasteiger partial charge in [-0.25, -0.2) is 0 Å². The molecule has 0 bridgehead atoms. The molecule has 1 aromatic carbocycles. The zero-order valence-corrected chi connectivity index (χ0v) is 9.73. The van der Waals surface area contributed by atoms with Gasteiger partial charge in [0, 0.05) is 17.7 Å². The Kier molecular flexibility index (Phi) is 2.61. The van der Waals surface area contributed by atoms with Gasteiger partial charge in [-0.1, -0.05) is 0 Å².